The third-order valence-electron chi connectivity index (χ3n) is 3.24. The van der Waals surface area contributed by atoms with Crippen LogP contribution in [0, 0.1) is 5.92 Å². The molecule has 0 radical (unpaired) electrons. The Morgan fingerprint density at radius 1 is 1.38 bits per heavy atom. The lowest BCUT2D eigenvalue weighted by atomic mass is 9.88. The van der Waals surface area contributed by atoms with E-state index in [9.17, 15) is 4.21 Å². The molecule has 1 atom stereocenters. The monoisotopic (exact) mass is 241 g/mol. The first-order valence-electron chi connectivity index (χ1n) is 6.04. The van der Waals surface area contributed by atoms with Crippen molar-refractivity contribution in [2.45, 2.75) is 44.3 Å². The van der Waals surface area contributed by atoms with Gasteiger partial charge >= 0.3 is 0 Å². The van der Waals surface area contributed by atoms with Gasteiger partial charge in [0, 0.05) is 16.6 Å². The van der Waals surface area contributed by atoms with E-state index in [1.807, 2.05) is 0 Å². The van der Waals surface area contributed by atoms with E-state index in [4.69, 9.17) is 0 Å². The smallest absolute Gasteiger partial charge is 0.137 e. The summed E-state index contributed by atoms with van der Waals surface area (Å²) in [6.45, 7) is 0. The maximum Gasteiger partial charge on any atom is 0.137 e. The SMILES string of the molecule is O=S(CCC1CCCCC1)Cc1ncn[nH]1. The van der Waals surface area contributed by atoms with Crippen LogP contribution in [0.4, 0.5) is 0 Å². The van der Waals surface area contributed by atoms with Gasteiger partial charge in [-0.25, -0.2) is 4.98 Å². The molecule has 1 aliphatic carbocycles. The minimum absolute atomic E-state index is 0.521. The van der Waals surface area contributed by atoms with Gasteiger partial charge in [0.25, 0.3) is 0 Å². The second kappa shape index (κ2) is 6.13. The lowest BCUT2D eigenvalue weighted by molar-refractivity contribution is 0.351. The van der Waals surface area contributed by atoms with E-state index in [1.54, 1.807) is 0 Å². The second-order valence-electron chi connectivity index (χ2n) is 4.51. The molecule has 1 N–H and O–H groups in total. The summed E-state index contributed by atoms with van der Waals surface area (Å²) >= 11 is 0. The fourth-order valence-corrected chi connectivity index (χ4v) is 3.48. The summed E-state index contributed by atoms with van der Waals surface area (Å²) in [5.74, 6) is 2.88. The van der Waals surface area contributed by atoms with Gasteiger partial charge in [0.15, 0.2) is 0 Å². The van der Waals surface area contributed by atoms with E-state index in [2.05, 4.69) is 15.2 Å². The molecule has 1 aliphatic rings. The maximum atomic E-state index is 11.8. The summed E-state index contributed by atoms with van der Waals surface area (Å²) in [4.78, 5) is 3.99. The Kier molecular flexibility index (Phi) is 4.51. The van der Waals surface area contributed by atoms with Gasteiger partial charge in [0.1, 0.15) is 12.2 Å². The summed E-state index contributed by atoms with van der Waals surface area (Å²) in [7, 11) is -0.785. The molecule has 0 aliphatic heterocycles. The number of aromatic amines is 1. The first kappa shape index (κ1) is 11.8. The van der Waals surface area contributed by atoms with Crippen LogP contribution in [0.1, 0.15) is 44.3 Å². The van der Waals surface area contributed by atoms with Crippen LogP contribution in [-0.4, -0.2) is 25.1 Å². The molecule has 1 unspecified atom stereocenters. The normalized spacial score (nSPS) is 19.8. The van der Waals surface area contributed by atoms with Crippen molar-refractivity contribution >= 4 is 10.8 Å². The third kappa shape index (κ3) is 3.70. The Bertz CT molecular complexity index is 320. The number of rotatable bonds is 5. The largest absolute Gasteiger partial charge is 0.263 e. The molecule has 90 valence electrons. The number of hydrogen-bond donors (Lipinski definition) is 1. The lowest BCUT2D eigenvalue weighted by Crippen LogP contribution is -2.11. The van der Waals surface area contributed by atoms with Gasteiger partial charge in [-0.3, -0.25) is 9.31 Å². The van der Waals surface area contributed by atoms with Crippen molar-refractivity contribution in [1.29, 1.82) is 0 Å². The minimum Gasteiger partial charge on any atom is -0.263 e. The number of H-pyrrole nitrogens is 1. The van der Waals surface area contributed by atoms with Gasteiger partial charge in [-0.15, -0.1) is 0 Å². The predicted octanol–water partition coefficient (Wildman–Crippen LogP) is 2.02. The topological polar surface area (TPSA) is 58.6 Å². The Hall–Kier alpha value is -0.710. The molecule has 0 spiro atoms. The van der Waals surface area contributed by atoms with Crippen molar-refractivity contribution in [3.05, 3.63) is 12.2 Å². The van der Waals surface area contributed by atoms with Crippen molar-refractivity contribution in [3.63, 3.8) is 0 Å². The third-order valence-corrected chi connectivity index (χ3v) is 4.53. The molecular weight excluding hydrogens is 222 g/mol. The van der Waals surface area contributed by atoms with Crippen LogP contribution < -0.4 is 0 Å². The summed E-state index contributed by atoms with van der Waals surface area (Å²) in [5.41, 5.74) is 0. The highest BCUT2D eigenvalue weighted by atomic mass is 32.2. The fourth-order valence-electron chi connectivity index (χ4n) is 2.30. The number of aromatic nitrogens is 3. The Morgan fingerprint density at radius 2 is 2.19 bits per heavy atom. The van der Waals surface area contributed by atoms with E-state index in [0.29, 0.717) is 5.75 Å². The van der Waals surface area contributed by atoms with Crippen molar-refractivity contribution in [2.24, 2.45) is 5.92 Å². The highest BCUT2D eigenvalue weighted by Gasteiger charge is 2.14. The molecule has 0 bridgehead atoms. The predicted molar refractivity (Wildman–Crippen MR) is 64.3 cm³/mol. The van der Waals surface area contributed by atoms with Crippen LogP contribution in [0.3, 0.4) is 0 Å². The maximum absolute atomic E-state index is 11.8. The fraction of sp³-hybridized carbons (Fsp3) is 0.818. The highest BCUT2D eigenvalue weighted by molar-refractivity contribution is 7.84. The standard InChI is InChI=1S/C11H19N3OS/c15-16(8-11-12-9-13-14-11)7-6-10-4-2-1-3-5-10/h9-10H,1-8H2,(H,12,13,14). The molecule has 1 fully saturated rings. The molecular formula is C11H19N3OS. The van der Waals surface area contributed by atoms with Crippen molar-refractivity contribution < 1.29 is 4.21 Å². The van der Waals surface area contributed by atoms with Crippen LogP contribution in [0.5, 0.6) is 0 Å². The van der Waals surface area contributed by atoms with Crippen LogP contribution in [0.15, 0.2) is 6.33 Å². The van der Waals surface area contributed by atoms with Gasteiger partial charge in [-0.2, -0.15) is 5.10 Å². The molecule has 0 aromatic carbocycles. The second-order valence-corrected chi connectivity index (χ2v) is 6.09. The zero-order valence-corrected chi connectivity index (χ0v) is 10.3. The quantitative estimate of drug-likeness (QED) is 0.858. The van der Waals surface area contributed by atoms with Gasteiger partial charge in [0.05, 0.1) is 5.75 Å². The first-order chi connectivity index (χ1) is 7.84. The highest BCUT2D eigenvalue weighted by Crippen LogP contribution is 2.26. The molecule has 1 heterocycles. The van der Waals surface area contributed by atoms with Gasteiger partial charge in [0.2, 0.25) is 0 Å². The summed E-state index contributed by atoms with van der Waals surface area (Å²) in [6.07, 6.45) is 9.35. The average molecular weight is 241 g/mol. The van der Waals surface area contributed by atoms with Gasteiger partial charge < -0.3 is 0 Å². The molecule has 2 rings (SSSR count). The van der Waals surface area contributed by atoms with Gasteiger partial charge in [-0.05, 0) is 12.3 Å². The molecule has 1 saturated carbocycles. The van der Waals surface area contributed by atoms with Crippen LogP contribution in [0.25, 0.3) is 0 Å². The Morgan fingerprint density at radius 3 is 2.88 bits per heavy atom. The molecule has 1 aromatic heterocycles. The van der Waals surface area contributed by atoms with Crippen molar-refractivity contribution in [3.8, 4) is 0 Å². The summed E-state index contributed by atoms with van der Waals surface area (Å²) < 4.78 is 11.8. The zero-order chi connectivity index (χ0) is 11.2. The molecule has 0 amide bonds. The van der Waals surface area contributed by atoms with Gasteiger partial charge in [-0.1, -0.05) is 32.1 Å². The molecule has 16 heavy (non-hydrogen) atoms. The van der Waals surface area contributed by atoms with Crippen molar-refractivity contribution in [2.75, 3.05) is 5.75 Å². The lowest BCUT2D eigenvalue weighted by Gasteiger charge is -2.20. The van der Waals surface area contributed by atoms with Crippen LogP contribution in [-0.2, 0) is 16.6 Å². The number of nitrogens with one attached hydrogen (secondary N) is 1. The van der Waals surface area contributed by atoms with E-state index in [0.717, 1.165) is 23.9 Å². The number of hydrogen-bond acceptors (Lipinski definition) is 3. The molecule has 0 saturated heterocycles. The molecule has 5 heteroatoms. The summed E-state index contributed by atoms with van der Waals surface area (Å²) in [5, 5.41) is 6.51. The summed E-state index contributed by atoms with van der Waals surface area (Å²) in [6, 6.07) is 0. The average Bonchev–Trinajstić information content (AvgIpc) is 2.81. The van der Waals surface area contributed by atoms with E-state index in [-0.39, 0.29) is 0 Å². The van der Waals surface area contributed by atoms with Crippen molar-refractivity contribution in [1.82, 2.24) is 15.2 Å². The first-order valence-corrected chi connectivity index (χ1v) is 7.52. The van der Waals surface area contributed by atoms with Crippen LogP contribution in [0.2, 0.25) is 0 Å². The minimum atomic E-state index is -0.785. The van der Waals surface area contributed by atoms with E-state index < -0.39 is 10.8 Å². The number of nitrogens with zero attached hydrogens (tertiary/aromatic N) is 2. The van der Waals surface area contributed by atoms with Crippen LogP contribution >= 0.6 is 0 Å². The molecule has 1 aromatic rings. The Labute approximate surface area is 98.7 Å². The van der Waals surface area contributed by atoms with E-state index in [1.165, 1.54) is 38.4 Å². The zero-order valence-electron chi connectivity index (χ0n) is 9.52. The van der Waals surface area contributed by atoms with E-state index >= 15 is 0 Å². The Balaban J connectivity index is 1.67. The molecule has 4 nitrogen and oxygen atoms in total.